The number of halogens is 1. The third-order valence-corrected chi connectivity index (χ3v) is 3.55. The quantitative estimate of drug-likeness (QED) is 0.780. The Morgan fingerprint density at radius 3 is 2.71 bits per heavy atom. The van der Waals surface area contributed by atoms with Gasteiger partial charge in [0.1, 0.15) is 17.4 Å². The van der Waals surface area contributed by atoms with Crippen molar-refractivity contribution < 1.29 is 9.50 Å². The van der Waals surface area contributed by atoms with E-state index in [4.69, 9.17) is 0 Å². The molecule has 0 spiro atoms. The number of fused-ring (bicyclic) bond motifs is 1. The van der Waals surface area contributed by atoms with Crippen molar-refractivity contribution in [3.63, 3.8) is 0 Å². The Balaban J connectivity index is 2.27. The fraction of sp³-hybridized carbons (Fsp3) is 0.235. The van der Waals surface area contributed by atoms with Gasteiger partial charge in [-0.15, -0.1) is 0 Å². The second kappa shape index (κ2) is 5.20. The van der Waals surface area contributed by atoms with Crippen molar-refractivity contribution in [2.45, 2.75) is 26.8 Å². The fourth-order valence-electron chi connectivity index (χ4n) is 2.59. The first-order valence-corrected chi connectivity index (χ1v) is 7.06. The summed E-state index contributed by atoms with van der Waals surface area (Å²) in [6.07, 6.45) is 0.933. The summed E-state index contributed by atoms with van der Waals surface area (Å²) in [5.74, 6) is 0.571. The van der Waals surface area contributed by atoms with Gasteiger partial charge in [0.05, 0.1) is 16.6 Å². The molecular formula is C17H17FN2O. The van der Waals surface area contributed by atoms with Crippen LogP contribution in [0, 0.1) is 12.7 Å². The molecule has 0 radical (unpaired) electrons. The van der Waals surface area contributed by atoms with Crippen molar-refractivity contribution >= 4 is 11.0 Å². The Kier molecular flexibility index (Phi) is 3.37. The number of aryl methyl sites for hydroxylation is 2. The smallest absolute Gasteiger partial charge is 0.144 e. The van der Waals surface area contributed by atoms with Crippen LogP contribution in [-0.2, 0) is 6.54 Å². The molecule has 0 saturated carbocycles. The zero-order chi connectivity index (χ0) is 15.0. The van der Waals surface area contributed by atoms with Gasteiger partial charge in [-0.3, -0.25) is 0 Å². The number of aromatic hydroxyl groups is 1. The lowest BCUT2D eigenvalue weighted by Crippen LogP contribution is -2.00. The average molecular weight is 284 g/mol. The SMILES string of the molecule is CCCn1c(-c2ccc(C)cc2O)nc2cc(F)ccc21. The monoisotopic (exact) mass is 284 g/mol. The van der Waals surface area contributed by atoms with E-state index in [0.29, 0.717) is 16.9 Å². The average Bonchev–Trinajstić information content (AvgIpc) is 2.77. The molecule has 0 fully saturated rings. The molecular weight excluding hydrogens is 267 g/mol. The summed E-state index contributed by atoms with van der Waals surface area (Å²) in [7, 11) is 0. The Labute approximate surface area is 122 Å². The van der Waals surface area contributed by atoms with E-state index in [1.54, 1.807) is 12.1 Å². The number of rotatable bonds is 3. The standard InChI is InChI=1S/C17H17FN2O/c1-3-8-20-15-7-5-12(18)10-14(15)19-17(20)13-6-4-11(2)9-16(13)21/h4-7,9-10,21H,3,8H2,1-2H3. The third kappa shape index (κ3) is 2.37. The van der Waals surface area contributed by atoms with Gasteiger partial charge >= 0.3 is 0 Å². The summed E-state index contributed by atoms with van der Waals surface area (Å²) in [5.41, 5.74) is 3.15. The van der Waals surface area contributed by atoms with Crippen LogP contribution in [0.3, 0.4) is 0 Å². The van der Waals surface area contributed by atoms with Gasteiger partial charge in [0, 0.05) is 12.6 Å². The van der Waals surface area contributed by atoms with E-state index in [1.807, 2.05) is 23.6 Å². The maximum atomic E-state index is 13.4. The highest BCUT2D eigenvalue weighted by Gasteiger charge is 2.15. The van der Waals surface area contributed by atoms with E-state index >= 15 is 0 Å². The van der Waals surface area contributed by atoms with Crippen LogP contribution in [0.1, 0.15) is 18.9 Å². The number of phenolic OH excluding ortho intramolecular Hbond substituents is 1. The van der Waals surface area contributed by atoms with Crippen LogP contribution in [0.2, 0.25) is 0 Å². The number of hydrogen-bond acceptors (Lipinski definition) is 2. The van der Waals surface area contributed by atoms with Crippen LogP contribution in [0.5, 0.6) is 5.75 Å². The van der Waals surface area contributed by atoms with Gasteiger partial charge in [-0.1, -0.05) is 13.0 Å². The van der Waals surface area contributed by atoms with Crippen LogP contribution < -0.4 is 0 Å². The van der Waals surface area contributed by atoms with Crippen molar-refractivity contribution in [1.82, 2.24) is 9.55 Å². The number of hydrogen-bond donors (Lipinski definition) is 1. The predicted molar refractivity (Wildman–Crippen MR) is 81.8 cm³/mol. The Morgan fingerprint density at radius 1 is 1.19 bits per heavy atom. The second-order valence-corrected chi connectivity index (χ2v) is 5.24. The minimum absolute atomic E-state index is 0.197. The minimum atomic E-state index is -0.302. The summed E-state index contributed by atoms with van der Waals surface area (Å²) >= 11 is 0. The number of nitrogens with zero attached hydrogens (tertiary/aromatic N) is 2. The first-order valence-electron chi connectivity index (χ1n) is 7.06. The summed E-state index contributed by atoms with van der Waals surface area (Å²) < 4.78 is 15.4. The Bertz CT molecular complexity index is 808. The zero-order valence-corrected chi connectivity index (χ0v) is 12.1. The van der Waals surface area contributed by atoms with E-state index in [-0.39, 0.29) is 11.6 Å². The van der Waals surface area contributed by atoms with E-state index in [9.17, 15) is 9.50 Å². The molecule has 0 aliphatic heterocycles. The van der Waals surface area contributed by atoms with Crippen molar-refractivity contribution in [1.29, 1.82) is 0 Å². The van der Waals surface area contributed by atoms with Gasteiger partial charge in [-0.2, -0.15) is 0 Å². The van der Waals surface area contributed by atoms with Crippen LogP contribution in [-0.4, -0.2) is 14.7 Å². The van der Waals surface area contributed by atoms with E-state index in [0.717, 1.165) is 24.0 Å². The predicted octanol–water partition coefficient (Wildman–Crippen LogP) is 4.27. The molecule has 1 heterocycles. The summed E-state index contributed by atoms with van der Waals surface area (Å²) in [5, 5.41) is 10.2. The van der Waals surface area contributed by atoms with Crippen molar-refractivity contribution in [2.75, 3.05) is 0 Å². The first-order chi connectivity index (χ1) is 10.1. The van der Waals surface area contributed by atoms with Gasteiger partial charge in [-0.05, 0) is 43.2 Å². The molecule has 21 heavy (non-hydrogen) atoms. The van der Waals surface area contributed by atoms with Gasteiger partial charge in [0.25, 0.3) is 0 Å². The lowest BCUT2D eigenvalue weighted by Gasteiger charge is -2.09. The number of benzene rings is 2. The molecule has 0 bridgehead atoms. The minimum Gasteiger partial charge on any atom is -0.507 e. The highest BCUT2D eigenvalue weighted by Crippen LogP contribution is 2.32. The topological polar surface area (TPSA) is 38.0 Å². The molecule has 108 valence electrons. The Hall–Kier alpha value is -2.36. The number of aromatic nitrogens is 2. The fourth-order valence-corrected chi connectivity index (χ4v) is 2.59. The Morgan fingerprint density at radius 2 is 2.00 bits per heavy atom. The first kappa shape index (κ1) is 13.6. The van der Waals surface area contributed by atoms with E-state index in [1.165, 1.54) is 12.1 Å². The molecule has 3 aromatic rings. The maximum absolute atomic E-state index is 13.4. The molecule has 0 saturated heterocycles. The molecule has 0 atom stereocenters. The lowest BCUT2D eigenvalue weighted by molar-refractivity contribution is 0.476. The molecule has 2 aromatic carbocycles. The summed E-state index contributed by atoms with van der Waals surface area (Å²) in [4.78, 5) is 4.52. The molecule has 1 N–H and O–H groups in total. The van der Waals surface area contributed by atoms with E-state index in [2.05, 4.69) is 11.9 Å². The van der Waals surface area contributed by atoms with Crippen molar-refractivity contribution in [3.05, 3.63) is 47.8 Å². The van der Waals surface area contributed by atoms with E-state index < -0.39 is 0 Å². The zero-order valence-electron chi connectivity index (χ0n) is 12.1. The maximum Gasteiger partial charge on any atom is 0.144 e. The van der Waals surface area contributed by atoms with Crippen LogP contribution in [0.15, 0.2) is 36.4 Å². The van der Waals surface area contributed by atoms with Gasteiger partial charge in [0.2, 0.25) is 0 Å². The molecule has 4 heteroatoms. The van der Waals surface area contributed by atoms with Gasteiger partial charge in [-0.25, -0.2) is 9.37 Å². The van der Waals surface area contributed by atoms with Crippen LogP contribution >= 0.6 is 0 Å². The lowest BCUT2D eigenvalue weighted by atomic mass is 10.1. The molecule has 1 aromatic heterocycles. The third-order valence-electron chi connectivity index (χ3n) is 3.55. The van der Waals surface area contributed by atoms with Gasteiger partial charge < -0.3 is 9.67 Å². The van der Waals surface area contributed by atoms with Crippen LogP contribution in [0.4, 0.5) is 4.39 Å². The molecule has 0 aliphatic rings. The normalized spacial score (nSPS) is 11.2. The second-order valence-electron chi connectivity index (χ2n) is 5.24. The molecule has 0 unspecified atom stereocenters. The largest absolute Gasteiger partial charge is 0.507 e. The van der Waals surface area contributed by atoms with Crippen LogP contribution in [0.25, 0.3) is 22.4 Å². The summed E-state index contributed by atoms with van der Waals surface area (Å²) in [6, 6.07) is 10.1. The number of imidazole rings is 1. The highest BCUT2D eigenvalue weighted by molar-refractivity contribution is 5.82. The highest BCUT2D eigenvalue weighted by atomic mass is 19.1. The number of phenols is 1. The summed E-state index contributed by atoms with van der Waals surface area (Å²) in [6.45, 7) is 4.77. The van der Waals surface area contributed by atoms with Crippen molar-refractivity contribution in [2.24, 2.45) is 0 Å². The molecule has 3 rings (SSSR count). The molecule has 0 aliphatic carbocycles. The molecule has 0 amide bonds. The van der Waals surface area contributed by atoms with Gasteiger partial charge in [0.15, 0.2) is 0 Å². The molecule has 3 nitrogen and oxygen atoms in total. The van der Waals surface area contributed by atoms with Crippen molar-refractivity contribution in [3.8, 4) is 17.1 Å².